The molecule has 1 fully saturated rings. The van der Waals surface area contributed by atoms with Crippen LogP contribution < -0.4 is 14.2 Å². The number of hydrogen-bond donors (Lipinski definition) is 1. The van der Waals surface area contributed by atoms with Gasteiger partial charge in [0.1, 0.15) is 36.5 Å². The minimum atomic E-state index is -1.06. The quantitative estimate of drug-likeness (QED) is 0.0708. The largest absolute Gasteiger partial charge is 0.492 e. The molecule has 3 aromatic carbocycles. The lowest BCUT2D eigenvalue weighted by molar-refractivity contribution is -0.148. The van der Waals surface area contributed by atoms with Crippen LogP contribution in [0.3, 0.4) is 0 Å². The second-order valence-electron chi connectivity index (χ2n) is 12.4. The van der Waals surface area contributed by atoms with Crippen LogP contribution in [0.25, 0.3) is 11.1 Å². The van der Waals surface area contributed by atoms with Gasteiger partial charge in [0, 0.05) is 49.2 Å². The summed E-state index contributed by atoms with van der Waals surface area (Å²) >= 11 is 13.4. The molecule has 0 radical (unpaired) electrons. The second kappa shape index (κ2) is 17.5. The molecule has 0 amide bonds. The number of carbonyl (C=O) groups excluding carboxylic acids is 2. The Hall–Kier alpha value is -4.66. The highest BCUT2D eigenvalue weighted by molar-refractivity contribution is 6.35. The average molecular weight is 733 g/mol. The molecular formula is C39H39Cl2N3O7. The summed E-state index contributed by atoms with van der Waals surface area (Å²) in [5, 5.41) is 20.7. The van der Waals surface area contributed by atoms with E-state index >= 15 is 0 Å². The fraction of sp³-hybridized carbons (Fsp3) is 0.333. The number of likely N-dealkylation sites (tertiary alicyclic amines) is 1. The highest BCUT2D eigenvalue weighted by Crippen LogP contribution is 2.38. The van der Waals surface area contributed by atoms with Gasteiger partial charge in [0.25, 0.3) is 0 Å². The van der Waals surface area contributed by atoms with Crippen LogP contribution in [0.15, 0.2) is 67.0 Å². The molecule has 5 rings (SSSR count). The van der Waals surface area contributed by atoms with E-state index in [0.29, 0.717) is 73.2 Å². The lowest BCUT2D eigenvalue weighted by Crippen LogP contribution is -2.36. The standard InChI is InChI=1S/C39H39Cl2N3O7/c1-3-48-37(46)18-39(47)11-13-44(25-39)12-6-14-49-34-10-5-9-32(38(34)41)31-8-4-7-29(26(31)2)24-51-36-17-35(30(22-45)16-33(36)40)50-23-28-15-27(19-42)20-43-21-28/h4-5,7-10,15-17,20-22,47H,3,6,11-14,18,23-25H2,1-2H3. The number of pyridine rings is 1. The monoisotopic (exact) mass is 731 g/mol. The summed E-state index contributed by atoms with van der Waals surface area (Å²) in [5.41, 5.74) is 3.89. The van der Waals surface area contributed by atoms with Crippen molar-refractivity contribution >= 4 is 35.5 Å². The lowest BCUT2D eigenvalue weighted by atomic mass is 9.96. The van der Waals surface area contributed by atoms with Crippen molar-refractivity contribution in [3.8, 4) is 34.4 Å². The Morgan fingerprint density at radius 1 is 1.04 bits per heavy atom. The summed E-state index contributed by atoms with van der Waals surface area (Å²) < 4.78 is 23.1. The van der Waals surface area contributed by atoms with Gasteiger partial charge in [-0.15, -0.1) is 0 Å². The molecule has 266 valence electrons. The third-order valence-electron chi connectivity index (χ3n) is 8.66. The number of β-amino-alcohol motifs (C(OH)–C–C–N with tert-alkyl or cyclic N) is 1. The smallest absolute Gasteiger partial charge is 0.308 e. The van der Waals surface area contributed by atoms with E-state index in [0.717, 1.165) is 28.7 Å². The van der Waals surface area contributed by atoms with Crippen LogP contribution in [0, 0.1) is 18.3 Å². The molecule has 4 aromatic rings. The minimum absolute atomic E-state index is 0.000812. The maximum atomic E-state index is 11.9. The van der Waals surface area contributed by atoms with E-state index < -0.39 is 5.60 Å². The predicted octanol–water partition coefficient (Wildman–Crippen LogP) is 7.36. The Bertz CT molecular complexity index is 1910. The van der Waals surface area contributed by atoms with Gasteiger partial charge >= 0.3 is 5.97 Å². The molecule has 1 N–H and O–H groups in total. The fourth-order valence-corrected chi connectivity index (χ4v) is 6.52. The summed E-state index contributed by atoms with van der Waals surface area (Å²) in [7, 11) is 0. The number of nitrogens with zero attached hydrogens (tertiary/aromatic N) is 3. The molecule has 1 aliphatic heterocycles. The van der Waals surface area contributed by atoms with Crippen LogP contribution in [0.1, 0.15) is 58.8 Å². The van der Waals surface area contributed by atoms with Gasteiger partial charge in [-0.2, -0.15) is 5.26 Å². The van der Waals surface area contributed by atoms with Crippen molar-refractivity contribution in [3.63, 3.8) is 0 Å². The van der Waals surface area contributed by atoms with Crippen molar-refractivity contribution in [3.05, 3.63) is 105 Å². The number of hydrogen-bond acceptors (Lipinski definition) is 10. The van der Waals surface area contributed by atoms with Crippen molar-refractivity contribution in [1.82, 2.24) is 9.88 Å². The van der Waals surface area contributed by atoms with E-state index in [1.54, 1.807) is 25.3 Å². The second-order valence-corrected chi connectivity index (χ2v) is 13.1. The van der Waals surface area contributed by atoms with Crippen LogP contribution in [0.2, 0.25) is 10.0 Å². The first-order chi connectivity index (χ1) is 24.6. The van der Waals surface area contributed by atoms with E-state index in [9.17, 15) is 14.7 Å². The Labute approximate surface area is 307 Å². The summed E-state index contributed by atoms with van der Waals surface area (Å²) in [6.45, 7) is 6.59. The number of ether oxygens (including phenoxy) is 4. The SMILES string of the molecule is CCOC(=O)CC1(O)CCN(CCCOc2cccc(-c3cccc(COc4cc(OCc5cncc(C#N)c5)c(C=O)cc4Cl)c3C)c2Cl)C1. The molecule has 0 bridgehead atoms. The lowest BCUT2D eigenvalue weighted by Gasteiger charge is -2.22. The normalized spacial score (nSPS) is 15.6. The van der Waals surface area contributed by atoms with Gasteiger partial charge in [-0.05, 0) is 61.6 Å². The molecule has 1 unspecified atom stereocenters. The van der Waals surface area contributed by atoms with E-state index in [-0.39, 0.29) is 41.9 Å². The third kappa shape index (κ3) is 9.78. The molecule has 1 saturated heterocycles. The van der Waals surface area contributed by atoms with Gasteiger partial charge < -0.3 is 29.0 Å². The number of aromatic nitrogens is 1. The molecule has 12 heteroatoms. The van der Waals surface area contributed by atoms with Crippen molar-refractivity contribution in [1.29, 1.82) is 5.26 Å². The van der Waals surface area contributed by atoms with Crippen LogP contribution in [0.4, 0.5) is 0 Å². The Morgan fingerprint density at radius 3 is 2.61 bits per heavy atom. The van der Waals surface area contributed by atoms with E-state index in [1.807, 2.05) is 49.4 Å². The van der Waals surface area contributed by atoms with Gasteiger partial charge in [-0.1, -0.05) is 53.5 Å². The summed E-state index contributed by atoms with van der Waals surface area (Å²) in [5.74, 6) is 0.826. The summed E-state index contributed by atoms with van der Waals surface area (Å²) in [6, 6.07) is 18.3. The van der Waals surface area contributed by atoms with Crippen molar-refractivity contribution in [2.24, 2.45) is 0 Å². The van der Waals surface area contributed by atoms with Crippen molar-refractivity contribution in [2.75, 3.05) is 32.8 Å². The van der Waals surface area contributed by atoms with Crippen LogP contribution in [-0.2, 0) is 22.7 Å². The molecule has 0 saturated carbocycles. The average Bonchev–Trinajstić information content (AvgIpc) is 3.49. The molecule has 51 heavy (non-hydrogen) atoms. The minimum Gasteiger partial charge on any atom is -0.492 e. The highest BCUT2D eigenvalue weighted by atomic mass is 35.5. The molecule has 1 atom stereocenters. The number of rotatable bonds is 16. The first-order valence-corrected chi connectivity index (χ1v) is 17.4. The zero-order chi connectivity index (χ0) is 36.4. The molecule has 10 nitrogen and oxygen atoms in total. The number of esters is 1. The summed E-state index contributed by atoms with van der Waals surface area (Å²) in [6.07, 6.45) is 4.96. The third-order valence-corrected chi connectivity index (χ3v) is 9.34. The van der Waals surface area contributed by atoms with E-state index in [4.69, 9.17) is 47.4 Å². The van der Waals surface area contributed by atoms with Gasteiger partial charge in [-0.25, -0.2) is 0 Å². The summed E-state index contributed by atoms with van der Waals surface area (Å²) in [4.78, 5) is 29.8. The van der Waals surface area contributed by atoms with Crippen LogP contribution in [0.5, 0.6) is 17.2 Å². The van der Waals surface area contributed by atoms with Gasteiger partial charge in [0.15, 0.2) is 6.29 Å². The molecule has 1 aliphatic rings. The zero-order valence-corrected chi connectivity index (χ0v) is 30.0. The van der Waals surface area contributed by atoms with Crippen molar-refractivity contribution in [2.45, 2.75) is 51.9 Å². The van der Waals surface area contributed by atoms with Gasteiger partial charge in [-0.3, -0.25) is 14.6 Å². The maximum Gasteiger partial charge on any atom is 0.308 e. The molecule has 0 spiro atoms. The van der Waals surface area contributed by atoms with Gasteiger partial charge in [0.2, 0.25) is 0 Å². The number of halogens is 2. The number of benzene rings is 3. The van der Waals surface area contributed by atoms with Gasteiger partial charge in [0.05, 0.1) is 46.4 Å². The number of nitriles is 1. The van der Waals surface area contributed by atoms with Crippen LogP contribution >= 0.6 is 23.2 Å². The first kappa shape index (κ1) is 37.6. The molecule has 2 heterocycles. The number of aliphatic hydroxyl groups is 1. The fourth-order valence-electron chi connectivity index (χ4n) is 6.01. The van der Waals surface area contributed by atoms with E-state index in [1.165, 1.54) is 12.3 Å². The predicted molar refractivity (Wildman–Crippen MR) is 193 cm³/mol. The Balaban J connectivity index is 1.20. The van der Waals surface area contributed by atoms with E-state index in [2.05, 4.69) is 9.88 Å². The van der Waals surface area contributed by atoms with Crippen LogP contribution in [-0.4, -0.2) is 65.7 Å². The highest BCUT2D eigenvalue weighted by Gasteiger charge is 2.38. The van der Waals surface area contributed by atoms with Crippen molar-refractivity contribution < 1.29 is 33.6 Å². The zero-order valence-electron chi connectivity index (χ0n) is 28.5. The molecular weight excluding hydrogens is 693 g/mol. The Morgan fingerprint density at radius 2 is 1.82 bits per heavy atom. The topological polar surface area (TPSA) is 131 Å². The molecule has 0 aliphatic carbocycles. The first-order valence-electron chi connectivity index (χ1n) is 16.6. The number of carbonyl (C=O) groups is 2. The Kier molecular flexibility index (Phi) is 12.9. The maximum absolute atomic E-state index is 11.9. The molecule has 1 aromatic heterocycles. The number of aldehydes is 1.